The van der Waals surface area contributed by atoms with E-state index < -0.39 is 0 Å². The fourth-order valence-electron chi connectivity index (χ4n) is 6.42. The van der Waals surface area contributed by atoms with Gasteiger partial charge in [-0.1, -0.05) is 206 Å². The minimum absolute atomic E-state index is 0.0695. The van der Waals surface area contributed by atoms with Gasteiger partial charge in [0.05, 0.1) is 6.10 Å². The molecular formula is C40H80O2. The van der Waals surface area contributed by atoms with Crippen LogP contribution in [0.15, 0.2) is 0 Å². The van der Waals surface area contributed by atoms with Crippen LogP contribution in [0.4, 0.5) is 0 Å². The highest BCUT2D eigenvalue weighted by Gasteiger charge is 2.05. The minimum Gasteiger partial charge on any atom is -0.393 e. The summed E-state index contributed by atoms with van der Waals surface area (Å²) in [5.74, 6) is 0.497. The fourth-order valence-corrected chi connectivity index (χ4v) is 6.42. The highest BCUT2D eigenvalue weighted by molar-refractivity contribution is 5.78. The van der Waals surface area contributed by atoms with Crippen molar-refractivity contribution in [1.29, 1.82) is 0 Å². The van der Waals surface area contributed by atoms with Crippen molar-refractivity contribution in [2.75, 3.05) is 0 Å². The zero-order valence-corrected chi connectivity index (χ0v) is 29.4. The van der Waals surface area contributed by atoms with Crippen LogP contribution in [0.3, 0.4) is 0 Å². The third-order valence-corrected chi connectivity index (χ3v) is 9.44. The van der Waals surface area contributed by atoms with Crippen LogP contribution in [0.25, 0.3) is 0 Å². The lowest BCUT2D eigenvalue weighted by Gasteiger charge is -2.10. The zero-order chi connectivity index (χ0) is 30.6. The van der Waals surface area contributed by atoms with Crippen molar-refractivity contribution in [3.63, 3.8) is 0 Å². The molecule has 0 bridgehead atoms. The number of Topliss-reactive ketones (excluding diaryl/α,β-unsaturated/α-hetero) is 1. The lowest BCUT2D eigenvalue weighted by atomic mass is 10.0. The summed E-state index contributed by atoms with van der Waals surface area (Å²) in [7, 11) is 0. The number of carbonyl (C=O) groups excluding carboxylic acids is 1. The number of unbranched alkanes of at least 4 members (excludes halogenated alkanes) is 29. The number of ketones is 1. The first-order valence-corrected chi connectivity index (χ1v) is 19.9. The van der Waals surface area contributed by atoms with Crippen molar-refractivity contribution in [1.82, 2.24) is 0 Å². The van der Waals surface area contributed by atoms with Gasteiger partial charge in [0.25, 0.3) is 0 Å². The average Bonchev–Trinajstić information content (AvgIpc) is 2.99. The summed E-state index contributed by atoms with van der Waals surface area (Å²) in [5, 5.41) is 10.3. The molecule has 0 aromatic carbocycles. The van der Waals surface area contributed by atoms with Gasteiger partial charge in [-0.25, -0.2) is 0 Å². The first-order chi connectivity index (χ1) is 20.7. The first kappa shape index (κ1) is 41.6. The molecule has 0 radical (unpaired) electrons. The summed E-state index contributed by atoms with van der Waals surface area (Å²) < 4.78 is 0. The van der Waals surface area contributed by atoms with E-state index in [9.17, 15) is 9.90 Å². The molecule has 252 valence electrons. The Morgan fingerprint density at radius 1 is 0.357 bits per heavy atom. The number of hydrogen-bond donors (Lipinski definition) is 1. The predicted molar refractivity (Wildman–Crippen MR) is 189 cm³/mol. The molecule has 0 fully saturated rings. The van der Waals surface area contributed by atoms with E-state index in [1.807, 2.05) is 0 Å². The van der Waals surface area contributed by atoms with Crippen molar-refractivity contribution >= 4 is 5.78 Å². The van der Waals surface area contributed by atoms with E-state index in [-0.39, 0.29) is 6.10 Å². The Morgan fingerprint density at radius 2 is 0.571 bits per heavy atom. The smallest absolute Gasteiger partial charge is 0.132 e. The second-order valence-corrected chi connectivity index (χ2v) is 13.9. The van der Waals surface area contributed by atoms with Crippen LogP contribution in [0.2, 0.25) is 0 Å². The number of hydrogen-bond acceptors (Lipinski definition) is 2. The standard InChI is InChI=1S/C40H80O2/c1-3-5-7-9-11-12-13-14-15-16-17-18-19-20-24-28-32-36-40(42)38-34-30-26-22-21-25-29-33-37-39(41)35-31-27-23-10-8-6-4-2/h40,42H,3-38H2,1-2H3. The van der Waals surface area contributed by atoms with Crippen LogP contribution in [-0.4, -0.2) is 17.0 Å². The molecule has 0 aliphatic carbocycles. The quantitative estimate of drug-likeness (QED) is 0.0728. The Hall–Kier alpha value is -0.370. The lowest BCUT2D eigenvalue weighted by molar-refractivity contribution is -0.119. The number of carbonyl (C=O) groups is 1. The van der Waals surface area contributed by atoms with Crippen molar-refractivity contribution in [2.45, 2.75) is 251 Å². The highest BCUT2D eigenvalue weighted by atomic mass is 16.3. The van der Waals surface area contributed by atoms with Crippen molar-refractivity contribution in [3.05, 3.63) is 0 Å². The van der Waals surface area contributed by atoms with E-state index >= 15 is 0 Å². The largest absolute Gasteiger partial charge is 0.393 e. The summed E-state index contributed by atoms with van der Waals surface area (Å²) >= 11 is 0. The second-order valence-electron chi connectivity index (χ2n) is 13.9. The van der Waals surface area contributed by atoms with Gasteiger partial charge in [0.15, 0.2) is 0 Å². The van der Waals surface area contributed by atoms with Gasteiger partial charge in [-0.2, -0.15) is 0 Å². The molecule has 0 aliphatic rings. The Kier molecular flexibility index (Phi) is 36.5. The van der Waals surface area contributed by atoms with Gasteiger partial charge < -0.3 is 5.11 Å². The maximum atomic E-state index is 12.0. The van der Waals surface area contributed by atoms with Crippen LogP contribution in [-0.2, 0) is 4.79 Å². The van der Waals surface area contributed by atoms with E-state index in [1.54, 1.807) is 0 Å². The molecule has 0 aromatic heterocycles. The SMILES string of the molecule is CCCCCCCCCCCCCCCCCCCC(O)CCCCCCCCCCC(=O)CCCCCCCCC. The summed E-state index contributed by atoms with van der Waals surface area (Å²) in [4.78, 5) is 12.0. The molecule has 0 heterocycles. The molecule has 0 spiro atoms. The monoisotopic (exact) mass is 593 g/mol. The summed E-state index contributed by atoms with van der Waals surface area (Å²) in [6.07, 6.45) is 46.6. The van der Waals surface area contributed by atoms with Crippen molar-refractivity contribution in [3.8, 4) is 0 Å². The van der Waals surface area contributed by atoms with Crippen LogP contribution < -0.4 is 0 Å². The molecule has 0 saturated heterocycles. The van der Waals surface area contributed by atoms with Crippen LogP contribution >= 0.6 is 0 Å². The van der Waals surface area contributed by atoms with Gasteiger partial charge in [0.2, 0.25) is 0 Å². The summed E-state index contributed by atoms with van der Waals surface area (Å²) in [6.45, 7) is 4.56. The summed E-state index contributed by atoms with van der Waals surface area (Å²) in [6, 6.07) is 0. The zero-order valence-electron chi connectivity index (χ0n) is 29.4. The predicted octanol–water partition coefficient (Wildman–Crippen LogP) is 14.0. The lowest BCUT2D eigenvalue weighted by Crippen LogP contribution is -2.05. The van der Waals surface area contributed by atoms with Gasteiger partial charge in [0.1, 0.15) is 5.78 Å². The van der Waals surface area contributed by atoms with E-state index in [0.717, 1.165) is 38.5 Å². The third kappa shape index (κ3) is 35.8. The second kappa shape index (κ2) is 36.8. The molecule has 42 heavy (non-hydrogen) atoms. The van der Waals surface area contributed by atoms with Crippen molar-refractivity contribution in [2.24, 2.45) is 0 Å². The molecule has 1 N–H and O–H groups in total. The molecular weight excluding hydrogens is 512 g/mol. The van der Waals surface area contributed by atoms with E-state index in [0.29, 0.717) is 5.78 Å². The number of aliphatic hydroxyl groups excluding tert-OH is 1. The molecule has 0 amide bonds. The van der Waals surface area contributed by atoms with E-state index in [1.165, 1.54) is 193 Å². The Balaban J connectivity index is 3.21. The minimum atomic E-state index is -0.0695. The van der Waals surface area contributed by atoms with Gasteiger partial charge >= 0.3 is 0 Å². The van der Waals surface area contributed by atoms with E-state index in [4.69, 9.17) is 0 Å². The van der Waals surface area contributed by atoms with E-state index in [2.05, 4.69) is 13.8 Å². The highest BCUT2D eigenvalue weighted by Crippen LogP contribution is 2.17. The Bertz CT molecular complexity index is 502. The van der Waals surface area contributed by atoms with Crippen LogP contribution in [0.1, 0.15) is 245 Å². The molecule has 1 atom stereocenters. The maximum Gasteiger partial charge on any atom is 0.132 e. The molecule has 2 nitrogen and oxygen atoms in total. The third-order valence-electron chi connectivity index (χ3n) is 9.44. The number of rotatable bonds is 37. The molecule has 0 saturated carbocycles. The fraction of sp³-hybridized carbons (Fsp3) is 0.975. The van der Waals surface area contributed by atoms with Gasteiger partial charge in [-0.3, -0.25) is 4.79 Å². The van der Waals surface area contributed by atoms with Gasteiger partial charge in [-0.15, -0.1) is 0 Å². The molecule has 2 heteroatoms. The summed E-state index contributed by atoms with van der Waals surface area (Å²) in [5.41, 5.74) is 0. The Morgan fingerprint density at radius 3 is 0.833 bits per heavy atom. The molecule has 0 rings (SSSR count). The number of aliphatic hydroxyl groups is 1. The molecule has 1 unspecified atom stereocenters. The van der Waals surface area contributed by atoms with Crippen LogP contribution in [0.5, 0.6) is 0 Å². The van der Waals surface area contributed by atoms with Gasteiger partial charge in [0, 0.05) is 12.8 Å². The first-order valence-electron chi connectivity index (χ1n) is 19.9. The van der Waals surface area contributed by atoms with Crippen molar-refractivity contribution < 1.29 is 9.90 Å². The Labute approximate surface area is 266 Å². The average molecular weight is 593 g/mol. The normalized spacial score (nSPS) is 12.3. The van der Waals surface area contributed by atoms with Crippen LogP contribution in [0, 0.1) is 0 Å². The maximum absolute atomic E-state index is 12.0. The molecule has 0 aliphatic heterocycles. The van der Waals surface area contributed by atoms with Gasteiger partial charge in [-0.05, 0) is 25.7 Å². The topological polar surface area (TPSA) is 37.3 Å². The molecule has 0 aromatic rings.